The van der Waals surface area contributed by atoms with Crippen LogP contribution >= 0.6 is 0 Å². The molecule has 0 spiro atoms. The number of allylic oxidation sites excluding steroid dienone is 1. The highest BCUT2D eigenvalue weighted by atomic mass is 32.2. The van der Waals surface area contributed by atoms with Gasteiger partial charge in [-0.25, -0.2) is 16.8 Å². The molecule has 7 nitrogen and oxygen atoms in total. The van der Waals surface area contributed by atoms with E-state index in [0.29, 0.717) is 4.31 Å². The van der Waals surface area contributed by atoms with Crippen molar-refractivity contribution >= 4 is 42.2 Å². The van der Waals surface area contributed by atoms with Gasteiger partial charge in [0.05, 0.1) is 9.79 Å². The Labute approximate surface area is 173 Å². The number of fused-ring (bicyclic) bond motifs is 2. The second-order valence-corrected chi connectivity index (χ2v) is 10.9. The zero-order valence-corrected chi connectivity index (χ0v) is 17.7. The summed E-state index contributed by atoms with van der Waals surface area (Å²) >= 11 is 0. The normalized spacial score (nSPS) is 15.9. The molecular weight excluding hydrogens is 426 g/mol. The van der Waals surface area contributed by atoms with Gasteiger partial charge in [0.1, 0.15) is 5.70 Å². The van der Waals surface area contributed by atoms with Gasteiger partial charge in [0, 0.05) is 24.4 Å². The Balaban J connectivity index is 1.92. The Bertz CT molecular complexity index is 1470. The molecule has 0 bridgehead atoms. The van der Waals surface area contributed by atoms with Crippen molar-refractivity contribution in [2.45, 2.75) is 9.79 Å². The fraction of sp³-hybridized carbons (Fsp3) is 0.0952. The van der Waals surface area contributed by atoms with Crippen molar-refractivity contribution in [2.24, 2.45) is 0 Å². The molecule has 30 heavy (non-hydrogen) atoms. The fourth-order valence-electron chi connectivity index (χ4n) is 3.40. The first-order valence-electron chi connectivity index (χ1n) is 8.82. The van der Waals surface area contributed by atoms with E-state index in [1.807, 2.05) is 24.3 Å². The monoisotopic (exact) mass is 443 g/mol. The molecule has 154 valence electrons. The zero-order chi connectivity index (χ0) is 21.8. The summed E-state index contributed by atoms with van der Waals surface area (Å²) in [5.41, 5.74) is -0.303. The number of hydrogen-bond donors (Lipinski definition) is 1. The van der Waals surface area contributed by atoms with Crippen LogP contribution in [-0.2, 0) is 19.9 Å². The third-order valence-corrected chi connectivity index (χ3v) is 7.95. The summed E-state index contributed by atoms with van der Waals surface area (Å²) in [7, 11) is -6.76. The molecule has 0 aromatic heterocycles. The number of sulfonamides is 1. The van der Waals surface area contributed by atoms with Crippen LogP contribution in [-0.4, -0.2) is 45.3 Å². The molecule has 3 aromatic rings. The Hall–Kier alpha value is -3.17. The van der Waals surface area contributed by atoms with Crippen LogP contribution < -0.4 is 0 Å². The van der Waals surface area contributed by atoms with Gasteiger partial charge < -0.3 is 5.11 Å². The lowest BCUT2D eigenvalue weighted by molar-refractivity contribution is 0.101. The predicted octanol–water partition coefficient (Wildman–Crippen LogP) is 2.99. The van der Waals surface area contributed by atoms with Gasteiger partial charge in [-0.2, -0.15) is 0 Å². The van der Waals surface area contributed by atoms with Gasteiger partial charge in [-0.05, 0) is 35.0 Å². The minimum atomic E-state index is -4.25. The molecule has 0 unspecified atom stereocenters. The number of aliphatic hydroxyl groups is 1. The number of hydrogen-bond acceptors (Lipinski definition) is 6. The van der Waals surface area contributed by atoms with Crippen molar-refractivity contribution in [3.63, 3.8) is 0 Å². The molecule has 0 radical (unpaired) electrons. The van der Waals surface area contributed by atoms with E-state index in [2.05, 4.69) is 0 Å². The minimum Gasteiger partial charge on any atom is -0.505 e. The molecule has 0 aliphatic carbocycles. The van der Waals surface area contributed by atoms with Crippen LogP contribution in [0.1, 0.15) is 15.9 Å². The molecule has 3 aromatic carbocycles. The maximum absolute atomic E-state index is 13.2. The fourth-order valence-corrected chi connectivity index (χ4v) is 5.55. The lowest BCUT2D eigenvalue weighted by atomic mass is 10.0. The highest BCUT2D eigenvalue weighted by molar-refractivity contribution is 7.91. The van der Waals surface area contributed by atoms with Crippen LogP contribution in [0.4, 0.5) is 0 Å². The quantitative estimate of drug-likeness (QED) is 0.624. The Morgan fingerprint density at radius 2 is 1.63 bits per heavy atom. The minimum absolute atomic E-state index is 0.121. The summed E-state index contributed by atoms with van der Waals surface area (Å²) in [6, 6.07) is 15.7. The van der Waals surface area contributed by atoms with Gasteiger partial charge in [0.15, 0.2) is 15.6 Å². The summed E-state index contributed by atoms with van der Waals surface area (Å²) < 4.78 is 50.4. The summed E-state index contributed by atoms with van der Waals surface area (Å²) in [5.74, 6) is -1.19. The average molecular weight is 444 g/mol. The number of carbonyl (C=O) groups is 1. The maximum Gasteiger partial charge on any atom is 0.265 e. The molecule has 4 rings (SSSR count). The van der Waals surface area contributed by atoms with E-state index in [1.54, 1.807) is 18.2 Å². The van der Waals surface area contributed by atoms with Gasteiger partial charge in [-0.1, -0.05) is 36.4 Å². The van der Waals surface area contributed by atoms with Crippen LogP contribution in [0.15, 0.2) is 76.2 Å². The molecule has 0 saturated heterocycles. The van der Waals surface area contributed by atoms with Crippen molar-refractivity contribution < 1.29 is 26.7 Å². The van der Waals surface area contributed by atoms with E-state index in [4.69, 9.17) is 0 Å². The van der Waals surface area contributed by atoms with Gasteiger partial charge in [-0.15, -0.1) is 0 Å². The van der Waals surface area contributed by atoms with Gasteiger partial charge in [0.25, 0.3) is 10.0 Å². The highest BCUT2D eigenvalue weighted by Crippen LogP contribution is 2.37. The number of rotatable bonds is 3. The van der Waals surface area contributed by atoms with E-state index in [-0.39, 0.29) is 20.9 Å². The zero-order valence-electron chi connectivity index (χ0n) is 16.0. The number of benzene rings is 3. The third kappa shape index (κ3) is 3.06. The SMILES string of the molecule is CN1C(C(=O)c2ccc3ccccc3c2)=C(O)c2ccc(S(C)(=O)=O)cc2S1(=O)=O. The third-order valence-electron chi connectivity index (χ3n) is 5.04. The lowest BCUT2D eigenvalue weighted by Crippen LogP contribution is -2.35. The molecule has 1 N–H and O–H groups in total. The van der Waals surface area contributed by atoms with Crippen molar-refractivity contribution in [3.05, 3.63) is 77.5 Å². The first kappa shape index (κ1) is 20.1. The Morgan fingerprint density at radius 3 is 2.30 bits per heavy atom. The van der Waals surface area contributed by atoms with Crippen LogP contribution in [0, 0.1) is 0 Å². The Kier molecular flexibility index (Phi) is 4.48. The summed E-state index contributed by atoms with van der Waals surface area (Å²) in [6.07, 6.45) is 0.957. The van der Waals surface area contributed by atoms with Gasteiger partial charge in [-0.3, -0.25) is 9.10 Å². The molecule has 0 saturated carbocycles. The van der Waals surface area contributed by atoms with Crippen LogP contribution in [0.5, 0.6) is 0 Å². The lowest BCUT2D eigenvalue weighted by Gasteiger charge is -2.28. The molecule has 0 atom stereocenters. The van der Waals surface area contributed by atoms with E-state index in [0.717, 1.165) is 30.1 Å². The predicted molar refractivity (Wildman–Crippen MR) is 112 cm³/mol. The van der Waals surface area contributed by atoms with E-state index >= 15 is 0 Å². The average Bonchev–Trinajstić information content (AvgIpc) is 2.71. The van der Waals surface area contributed by atoms with Crippen LogP contribution in [0.25, 0.3) is 16.5 Å². The number of aliphatic hydroxyl groups excluding tert-OH is 1. The molecule has 1 aliphatic rings. The van der Waals surface area contributed by atoms with E-state index < -0.39 is 37.1 Å². The molecule has 1 heterocycles. The molecule has 0 fully saturated rings. The van der Waals surface area contributed by atoms with Crippen molar-refractivity contribution in [3.8, 4) is 0 Å². The topological polar surface area (TPSA) is 109 Å². The van der Waals surface area contributed by atoms with Gasteiger partial charge >= 0.3 is 0 Å². The second kappa shape index (κ2) is 6.68. The summed E-state index contributed by atoms with van der Waals surface area (Å²) in [5, 5.41) is 12.5. The number of ketones is 1. The van der Waals surface area contributed by atoms with Crippen molar-refractivity contribution in [2.75, 3.05) is 13.3 Å². The second-order valence-electron chi connectivity index (χ2n) is 6.99. The first-order chi connectivity index (χ1) is 14.0. The number of nitrogens with zero attached hydrogens (tertiary/aromatic N) is 1. The molecule has 0 amide bonds. The van der Waals surface area contributed by atoms with Crippen LogP contribution in [0.3, 0.4) is 0 Å². The smallest absolute Gasteiger partial charge is 0.265 e. The molecule has 9 heteroatoms. The van der Waals surface area contributed by atoms with Crippen LogP contribution in [0.2, 0.25) is 0 Å². The molecule has 1 aliphatic heterocycles. The number of carbonyl (C=O) groups excluding carboxylic acids is 1. The first-order valence-corrected chi connectivity index (χ1v) is 12.1. The number of sulfone groups is 1. The number of Topliss-reactive ketones (excluding diaryl/α,β-unsaturated/α-hetero) is 1. The van der Waals surface area contributed by atoms with Gasteiger partial charge in [0.2, 0.25) is 5.78 Å². The number of likely N-dealkylation sites (N-methyl/N-ethyl adjacent to an activating group) is 1. The van der Waals surface area contributed by atoms with Crippen molar-refractivity contribution in [1.29, 1.82) is 0 Å². The standard InChI is InChI=1S/C21H17NO6S2/c1-22-19(20(23)15-8-7-13-5-3-4-6-14(13)11-15)21(24)17-10-9-16(29(2,25)26)12-18(17)30(22,27)28/h3-12,24H,1-2H3. The maximum atomic E-state index is 13.2. The summed E-state index contributed by atoms with van der Waals surface area (Å²) in [6.45, 7) is 0. The van der Waals surface area contributed by atoms with E-state index in [9.17, 15) is 26.7 Å². The highest BCUT2D eigenvalue weighted by Gasteiger charge is 2.38. The Morgan fingerprint density at radius 1 is 0.967 bits per heavy atom. The van der Waals surface area contributed by atoms with E-state index in [1.165, 1.54) is 12.1 Å². The van der Waals surface area contributed by atoms with Crippen molar-refractivity contribution in [1.82, 2.24) is 4.31 Å². The largest absolute Gasteiger partial charge is 0.505 e. The summed E-state index contributed by atoms with van der Waals surface area (Å²) in [4.78, 5) is 12.6. The molecular formula is C21H17NO6S2.